The minimum absolute atomic E-state index is 0.0421. The SMILES string of the molecule is CO.Cc1ncc(-c2c(O)n(C)c(=O)n(C)c2=O)n1CCOC(=O)c1ccccc1. The molecule has 10 nitrogen and oxygen atoms in total. The summed E-state index contributed by atoms with van der Waals surface area (Å²) in [5.41, 5.74) is -0.537. The first-order chi connectivity index (χ1) is 14.3. The van der Waals surface area contributed by atoms with Crippen molar-refractivity contribution in [3.63, 3.8) is 0 Å². The monoisotopic (exact) mass is 416 g/mol. The maximum absolute atomic E-state index is 12.6. The summed E-state index contributed by atoms with van der Waals surface area (Å²) in [6, 6.07) is 8.60. The van der Waals surface area contributed by atoms with E-state index in [-0.39, 0.29) is 18.7 Å². The van der Waals surface area contributed by atoms with E-state index < -0.39 is 23.1 Å². The van der Waals surface area contributed by atoms with Gasteiger partial charge in [-0.1, -0.05) is 18.2 Å². The molecule has 2 N–H and O–H groups in total. The zero-order valence-electron chi connectivity index (χ0n) is 17.2. The minimum atomic E-state index is -0.636. The number of aryl methyl sites for hydroxylation is 1. The molecule has 0 atom stereocenters. The summed E-state index contributed by atoms with van der Waals surface area (Å²) in [7, 11) is 3.71. The molecule has 30 heavy (non-hydrogen) atoms. The molecule has 0 saturated heterocycles. The van der Waals surface area contributed by atoms with Crippen LogP contribution < -0.4 is 11.2 Å². The first-order valence-electron chi connectivity index (χ1n) is 9.01. The van der Waals surface area contributed by atoms with Crippen LogP contribution in [0.15, 0.2) is 46.1 Å². The molecule has 2 heterocycles. The second-order valence-corrected chi connectivity index (χ2v) is 6.25. The first-order valence-corrected chi connectivity index (χ1v) is 9.01. The van der Waals surface area contributed by atoms with E-state index in [1.807, 2.05) is 0 Å². The molecule has 0 unspecified atom stereocenters. The summed E-state index contributed by atoms with van der Waals surface area (Å²) in [5.74, 6) is -0.336. The molecule has 0 aliphatic carbocycles. The van der Waals surface area contributed by atoms with Gasteiger partial charge >= 0.3 is 11.7 Å². The molecule has 0 bridgehead atoms. The quantitative estimate of drug-likeness (QED) is 0.577. The summed E-state index contributed by atoms with van der Waals surface area (Å²) < 4.78 is 8.84. The van der Waals surface area contributed by atoms with Gasteiger partial charge in [0.25, 0.3) is 5.56 Å². The van der Waals surface area contributed by atoms with E-state index in [2.05, 4.69) is 4.98 Å². The number of aliphatic hydroxyl groups excluding tert-OH is 1. The van der Waals surface area contributed by atoms with Gasteiger partial charge in [-0.3, -0.25) is 13.9 Å². The maximum Gasteiger partial charge on any atom is 0.338 e. The Morgan fingerprint density at radius 2 is 1.73 bits per heavy atom. The molecule has 2 aromatic heterocycles. The van der Waals surface area contributed by atoms with E-state index in [9.17, 15) is 19.5 Å². The minimum Gasteiger partial charge on any atom is -0.494 e. The van der Waals surface area contributed by atoms with Crippen LogP contribution in [0.2, 0.25) is 0 Å². The van der Waals surface area contributed by atoms with Crippen LogP contribution >= 0.6 is 0 Å². The van der Waals surface area contributed by atoms with Crippen LogP contribution in [0.1, 0.15) is 16.2 Å². The Bertz CT molecular complexity index is 1140. The number of rotatable bonds is 5. The first kappa shape index (κ1) is 22.6. The van der Waals surface area contributed by atoms with Crippen molar-refractivity contribution in [3.05, 3.63) is 68.8 Å². The number of hydrogen-bond acceptors (Lipinski definition) is 7. The van der Waals surface area contributed by atoms with Gasteiger partial charge in [0.05, 0.1) is 24.0 Å². The standard InChI is InChI=1S/C19H20N4O5.CH4O/c1-12-20-11-14(15-16(24)21(2)19(27)22(3)17(15)25)23(12)9-10-28-18(26)13-7-5-4-6-8-13;1-2/h4-8,11,24H,9-10H2,1-3H3;2H,1H3. The fraction of sp³-hybridized carbons (Fsp3) is 0.300. The average Bonchev–Trinajstić information content (AvgIpc) is 3.13. The van der Waals surface area contributed by atoms with Gasteiger partial charge in [-0.25, -0.2) is 14.6 Å². The van der Waals surface area contributed by atoms with Gasteiger partial charge in [0.15, 0.2) is 0 Å². The van der Waals surface area contributed by atoms with Crippen molar-refractivity contribution in [1.82, 2.24) is 18.7 Å². The van der Waals surface area contributed by atoms with E-state index >= 15 is 0 Å². The third-order valence-corrected chi connectivity index (χ3v) is 4.50. The van der Waals surface area contributed by atoms with Gasteiger partial charge < -0.3 is 19.5 Å². The Balaban J connectivity index is 0.00000155. The summed E-state index contributed by atoms with van der Waals surface area (Å²) in [5, 5.41) is 17.4. The molecule has 160 valence electrons. The van der Waals surface area contributed by atoms with Gasteiger partial charge in [0.1, 0.15) is 18.0 Å². The summed E-state index contributed by atoms with van der Waals surface area (Å²) in [4.78, 5) is 40.8. The molecule has 0 aliphatic rings. The number of benzene rings is 1. The van der Waals surface area contributed by atoms with E-state index in [1.54, 1.807) is 41.8 Å². The van der Waals surface area contributed by atoms with Crippen molar-refractivity contribution in [2.75, 3.05) is 13.7 Å². The summed E-state index contributed by atoms with van der Waals surface area (Å²) in [6.45, 7) is 2.00. The number of aromatic hydroxyl groups is 1. The Kier molecular flexibility index (Phi) is 7.32. The van der Waals surface area contributed by atoms with Crippen molar-refractivity contribution in [1.29, 1.82) is 0 Å². The van der Waals surface area contributed by atoms with Gasteiger partial charge in [-0.05, 0) is 19.1 Å². The lowest BCUT2D eigenvalue weighted by Crippen LogP contribution is -2.37. The third kappa shape index (κ3) is 4.33. The molecule has 10 heteroatoms. The van der Waals surface area contributed by atoms with Crippen LogP contribution in [-0.4, -0.2) is 48.6 Å². The van der Waals surface area contributed by atoms with Crippen molar-refractivity contribution in [2.24, 2.45) is 14.1 Å². The third-order valence-electron chi connectivity index (χ3n) is 4.50. The smallest absolute Gasteiger partial charge is 0.338 e. The number of carbonyl (C=O) groups is 1. The van der Waals surface area contributed by atoms with Crippen LogP contribution in [0.3, 0.4) is 0 Å². The lowest BCUT2D eigenvalue weighted by Gasteiger charge is -2.14. The maximum atomic E-state index is 12.6. The average molecular weight is 416 g/mol. The number of imidazole rings is 1. The normalized spacial score (nSPS) is 10.3. The number of hydrogen-bond donors (Lipinski definition) is 2. The number of aromatic nitrogens is 4. The van der Waals surface area contributed by atoms with Gasteiger partial charge in [0.2, 0.25) is 5.88 Å². The molecule has 0 saturated carbocycles. The number of nitrogens with zero attached hydrogens (tertiary/aromatic N) is 4. The molecule has 3 rings (SSSR count). The zero-order valence-corrected chi connectivity index (χ0v) is 17.2. The van der Waals surface area contributed by atoms with Crippen LogP contribution in [0, 0.1) is 6.92 Å². The fourth-order valence-corrected chi connectivity index (χ4v) is 2.89. The molecule has 0 aliphatic heterocycles. The van der Waals surface area contributed by atoms with Crippen LogP contribution in [0.5, 0.6) is 5.88 Å². The second kappa shape index (κ2) is 9.70. The number of carbonyl (C=O) groups excluding carboxylic acids is 1. The number of ether oxygens (including phenoxy) is 1. The molecule has 0 radical (unpaired) electrons. The van der Waals surface area contributed by atoms with Crippen molar-refractivity contribution in [2.45, 2.75) is 13.5 Å². The number of aliphatic hydroxyl groups is 1. The zero-order chi connectivity index (χ0) is 22.4. The van der Waals surface area contributed by atoms with Gasteiger partial charge in [0, 0.05) is 21.2 Å². The Hall–Kier alpha value is -3.66. The van der Waals surface area contributed by atoms with Gasteiger partial charge in [-0.15, -0.1) is 0 Å². The van der Waals surface area contributed by atoms with Crippen molar-refractivity contribution >= 4 is 5.97 Å². The topological polar surface area (TPSA) is 129 Å². The van der Waals surface area contributed by atoms with Crippen LogP contribution in [-0.2, 0) is 25.4 Å². The summed E-state index contributed by atoms with van der Waals surface area (Å²) in [6.07, 6.45) is 1.44. The van der Waals surface area contributed by atoms with Crippen LogP contribution in [0.4, 0.5) is 0 Å². The number of esters is 1. The largest absolute Gasteiger partial charge is 0.494 e. The highest BCUT2D eigenvalue weighted by molar-refractivity contribution is 5.89. The Morgan fingerprint density at radius 3 is 2.37 bits per heavy atom. The van der Waals surface area contributed by atoms with E-state index in [1.165, 1.54) is 20.3 Å². The predicted molar refractivity (Wildman–Crippen MR) is 109 cm³/mol. The van der Waals surface area contributed by atoms with E-state index in [4.69, 9.17) is 9.84 Å². The molecule has 0 fully saturated rings. The highest BCUT2D eigenvalue weighted by Gasteiger charge is 2.21. The second-order valence-electron chi connectivity index (χ2n) is 6.25. The van der Waals surface area contributed by atoms with Crippen molar-refractivity contribution in [3.8, 4) is 17.1 Å². The van der Waals surface area contributed by atoms with E-state index in [0.29, 0.717) is 17.1 Å². The van der Waals surface area contributed by atoms with Gasteiger partial charge in [-0.2, -0.15) is 0 Å². The molecule has 0 spiro atoms. The summed E-state index contributed by atoms with van der Waals surface area (Å²) >= 11 is 0. The Labute approximate surface area is 172 Å². The predicted octanol–water partition coefficient (Wildman–Crippen LogP) is 0.427. The van der Waals surface area contributed by atoms with E-state index in [0.717, 1.165) is 16.2 Å². The molecular weight excluding hydrogens is 392 g/mol. The highest BCUT2D eigenvalue weighted by atomic mass is 16.5. The lowest BCUT2D eigenvalue weighted by molar-refractivity contribution is 0.0491. The molecule has 3 aromatic rings. The lowest BCUT2D eigenvalue weighted by atomic mass is 10.2. The molecular formula is C20H24N4O6. The molecule has 1 aromatic carbocycles. The van der Waals surface area contributed by atoms with Crippen LogP contribution in [0.25, 0.3) is 11.3 Å². The highest BCUT2D eigenvalue weighted by Crippen LogP contribution is 2.24. The van der Waals surface area contributed by atoms with Crippen molar-refractivity contribution < 1.29 is 19.7 Å². The molecule has 0 amide bonds. The Morgan fingerprint density at radius 1 is 1.10 bits per heavy atom. The fourth-order valence-electron chi connectivity index (χ4n) is 2.89.